The Bertz CT molecular complexity index is 860. The minimum Gasteiger partial charge on any atom is -0.462 e. The summed E-state index contributed by atoms with van der Waals surface area (Å²) >= 11 is 1.44. The number of thioether (sulfide) groups is 1. The van der Waals surface area contributed by atoms with Crippen LogP contribution in [0, 0.1) is 6.92 Å². The topological polar surface area (TPSA) is 69.9 Å². The molecule has 25 heavy (non-hydrogen) atoms. The summed E-state index contributed by atoms with van der Waals surface area (Å²) in [6, 6.07) is 11.1. The SMILES string of the molecule is C=CCSC1=NN2[C@@H](c3ccc(C)o3)Nc3ccccc3[C@@H]2C(=O)N1. The highest BCUT2D eigenvalue weighted by atomic mass is 32.2. The van der Waals surface area contributed by atoms with Crippen molar-refractivity contribution in [3.05, 3.63) is 66.1 Å². The van der Waals surface area contributed by atoms with Gasteiger partial charge in [0.1, 0.15) is 11.5 Å². The molecule has 3 heterocycles. The molecule has 2 atom stereocenters. The monoisotopic (exact) mass is 354 g/mol. The van der Waals surface area contributed by atoms with Gasteiger partial charge in [0.05, 0.1) is 0 Å². The van der Waals surface area contributed by atoms with Crippen LogP contribution in [0.5, 0.6) is 0 Å². The van der Waals surface area contributed by atoms with E-state index in [4.69, 9.17) is 4.42 Å². The van der Waals surface area contributed by atoms with Crippen LogP contribution in [0.2, 0.25) is 0 Å². The minimum absolute atomic E-state index is 0.0937. The van der Waals surface area contributed by atoms with Gasteiger partial charge < -0.3 is 15.1 Å². The fourth-order valence-corrected chi connectivity index (χ4v) is 3.66. The van der Waals surface area contributed by atoms with Crippen LogP contribution in [-0.2, 0) is 4.79 Å². The summed E-state index contributed by atoms with van der Waals surface area (Å²) in [5.74, 6) is 2.12. The molecule has 0 spiro atoms. The molecule has 4 rings (SSSR count). The average molecular weight is 354 g/mol. The van der Waals surface area contributed by atoms with Gasteiger partial charge in [-0.25, -0.2) is 5.01 Å². The maximum absolute atomic E-state index is 12.8. The Balaban J connectivity index is 1.79. The Kier molecular flexibility index (Phi) is 4.01. The zero-order valence-electron chi connectivity index (χ0n) is 13.7. The van der Waals surface area contributed by atoms with E-state index in [2.05, 4.69) is 22.3 Å². The van der Waals surface area contributed by atoms with Crippen LogP contribution >= 0.6 is 11.8 Å². The molecule has 2 aromatic rings. The Hall–Kier alpha value is -2.67. The number of hydrogen-bond donors (Lipinski definition) is 2. The second-order valence-electron chi connectivity index (χ2n) is 5.86. The highest BCUT2D eigenvalue weighted by Crippen LogP contribution is 2.42. The minimum atomic E-state index is -0.499. The van der Waals surface area contributed by atoms with Crippen LogP contribution in [0.25, 0.3) is 0 Å². The molecule has 0 unspecified atom stereocenters. The lowest BCUT2D eigenvalue weighted by Gasteiger charge is -2.42. The first kappa shape index (κ1) is 15.8. The molecule has 0 bridgehead atoms. The summed E-state index contributed by atoms with van der Waals surface area (Å²) < 4.78 is 5.81. The molecule has 7 heteroatoms. The van der Waals surface area contributed by atoms with Crippen molar-refractivity contribution in [3.63, 3.8) is 0 Å². The Morgan fingerprint density at radius 3 is 2.96 bits per heavy atom. The van der Waals surface area contributed by atoms with Crippen molar-refractivity contribution in [1.29, 1.82) is 0 Å². The molecule has 1 aromatic carbocycles. The van der Waals surface area contributed by atoms with Gasteiger partial charge in [0.15, 0.2) is 17.4 Å². The van der Waals surface area contributed by atoms with E-state index in [1.165, 1.54) is 11.8 Å². The third kappa shape index (κ3) is 2.80. The number of furan rings is 1. The van der Waals surface area contributed by atoms with Crippen molar-refractivity contribution >= 4 is 28.5 Å². The molecule has 0 radical (unpaired) electrons. The number of para-hydroxylation sites is 1. The third-order valence-electron chi connectivity index (χ3n) is 4.13. The molecule has 0 saturated heterocycles. The number of aryl methyl sites for hydroxylation is 1. The number of amidine groups is 1. The van der Waals surface area contributed by atoms with Crippen LogP contribution < -0.4 is 10.6 Å². The predicted molar refractivity (Wildman–Crippen MR) is 99.1 cm³/mol. The number of carbonyl (C=O) groups is 1. The van der Waals surface area contributed by atoms with Gasteiger partial charge >= 0.3 is 0 Å². The van der Waals surface area contributed by atoms with Crippen molar-refractivity contribution in [3.8, 4) is 0 Å². The highest BCUT2D eigenvalue weighted by molar-refractivity contribution is 8.14. The van der Waals surface area contributed by atoms with Gasteiger partial charge in [-0.3, -0.25) is 4.79 Å². The van der Waals surface area contributed by atoms with E-state index in [0.29, 0.717) is 10.9 Å². The zero-order valence-corrected chi connectivity index (χ0v) is 14.5. The summed E-state index contributed by atoms with van der Waals surface area (Å²) in [4.78, 5) is 12.8. The molecule has 0 saturated carbocycles. The largest absolute Gasteiger partial charge is 0.462 e. The fraction of sp³-hybridized carbons (Fsp3) is 0.222. The van der Waals surface area contributed by atoms with Crippen molar-refractivity contribution in [2.24, 2.45) is 5.10 Å². The lowest BCUT2D eigenvalue weighted by atomic mass is 9.99. The standard InChI is InChI=1S/C18H18N4O2S/c1-3-10-25-18-20-17(23)15-12-6-4-5-7-13(12)19-16(22(15)21-18)14-9-8-11(2)24-14/h3-9,15-16,19H,1,10H2,2H3,(H,20,21,23)/t15-,16+/m1/s1. The summed E-state index contributed by atoms with van der Waals surface area (Å²) in [5.41, 5.74) is 1.81. The molecule has 1 amide bonds. The maximum Gasteiger partial charge on any atom is 0.255 e. The van der Waals surface area contributed by atoms with Gasteiger partial charge in [-0.1, -0.05) is 36.0 Å². The number of nitrogens with zero attached hydrogens (tertiary/aromatic N) is 2. The number of hydrogen-bond acceptors (Lipinski definition) is 6. The van der Waals surface area contributed by atoms with Crippen molar-refractivity contribution in [2.75, 3.05) is 11.1 Å². The number of amides is 1. The van der Waals surface area contributed by atoms with Crippen LogP contribution in [0.3, 0.4) is 0 Å². The summed E-state index contributed by atoms with van der Waals surface area (Å²) in [6.07, 6.45) is 1.43. The van der Waals surface area contributed by atoms with E-state index in [1.54, 1.807) is 11.1 Å². The summed E-state index contributed by atoms with van der Waals surface area (Å²) in [6.45, 7) is 5.61. The number of hydrazone groups is 1. The Morgan fingerprint density at radius 2 is 2.20 bits per heavy atom. The smallest absolute Gasteiger partial charge is 0.255 e. The average Bonchev–Trinajstić information content (AvgIpc) is 3.05. The number of fused-ring (bicyclic) bond motifs is 3. The van der Waals surface area contributed by atoms with E-state index in [0.717, 1.165) is 22.8 Å². The quantitative estimate of drug-likeness (QED) is 0.827. The zero-order chi connectivity index (χ0) is 17.4. The van der Waals surface area contributed by atoms with Gasteiger partial charge in [-0.2, -0.15) is 0 Å². The predicted octanol–water partition coefficient (Wildman–Crippen LogP) is 3.38. The Labute approximate surface area is 150 Å². The molecule has 6 nitrogen and oxygen atoms in total. The van der Waals surface area contributed by atoms with Crippen molar-refractivity contribution in [2.45, 2.75) is 19.1 Å². The fourth-order valence-electron chi connectivity index (χ4n) is 3.06. The first-order valence-corrected chi connectivity index (χ1v) is 8.99. The van der Waals surface area contributed by atoms with Crippen LogP contribution in [0.15, 0.2) is 58.6 Å². The van der Waals surface area contributed by atoms with Gasteiger partial charge in [-0.05, 0) is 25.1 Å². The molecule has 0 aliphatic carbocycles. The molecule has 0 fully saturated rings. The van der Waals surface area contributed by atoms with Crippen molar-refractivity contribution < 1.29 is 9.21 Å². The van der Waals surface area contributed by atoms with Crippen LogP contribution in [0.1, 0.15) is 29.3 Å². The molecule has 1 aromatic heterocycles. The van der Waals surface area contributed by atoms with Crippen LogP contribution in [0.4, 0.5) is 5.69 Å². The first-order chi connectivity index (χ1) is 12.2. The van der Waals surface area contributed by atoms with E-state index < -0.39 is 6.04 Å². The molecule has 2 aliphatic rings. The lowest BCUT2D eigenvalue weighted by Crippen LogP contribution is -2.50. The van der Waals surface area contributed by atoms with Gasteiger partial charge in [0.2, 0.25) is 0 Å². The summed E-state index contributed by atoms with van der Waals surface area (Å²) in [7, 11) is 0. The number of rotatable bonds is 3. The normalized spacial score (nSPS) is 21.6. The maximum atomic E-state index is 12.8. The number of benzene rings is 1. The van der Waals surface area contributed by atoms with Gasteiger partial charge in [0.25, 0.3) is 5.91 Å². The summed E-state index contributed by atoms with van der Waals surface area (Å²) in [5, 5.41) is 13.3. The lowest BCUT2D eigenvalue weighted by molar-refractivity contribution is -0.127. The second kappa shape index (κ2) is 6.33. The van der Waals surface area contributed by atoms with E-state index in [-0.39, 0.29) is 12.1 Å². The van der Waals surface area contributed by atoms with Crippen LogP contribution in [-0.4, -0.2) is 21.8 Å². The van der Waals surface area contributed by atoms with E-state index in [9.17, 15) is 4.79 Å². The molecular weight excluding hydrogens is 336 g/mol. The van der Waals surface area contributed by atoms with E-state index in [1.807, 2.05) is 43.3 Å². The molecule has 128 valence electrons. The van der Waals surface area contributed by atoms with Crippen molar-refractivity contribution in [1.82, 2.24) is 10.3 Å². The number of nitrogens with one attached hydrogen (secondary N) is 2. The molecule has 2 aliphatic heterocycles. The Morgan fingerprint density at radius 1 is 1.36 bits per heavy atom. The molecule has 2 N–H and O–H groups in total. The molecular formula is C18H18N4O2S. The van der Waals surface area contributed by atoms with E-state index >= 15 is 0 Å². The third-order valence-corrected chi connectivity index (χ3v) is 4.99. The number of carbonyl (C=O) groups excluding carboxylic acids is 1. The highest BCUT2D eigenvalue weighted by Gasteiger charge is 2.42. The van der Waals surface area contributed by atoms with Gasteiger partial charge in [-0.15, -0.1) is 11.7 Å². The van der Waals surface area contributed by atoms with Gasteiger partial charge in [0, 0.05) is 17.0 Å². The first-order valence-electron chi connectivity index (χ1n) is 8.00. The second-order valence-corrected chi connectivity index (χ2v) is 6.87. The number of anilines is 1.